The summed E-state index contributed by atoms with van der Waals surface area (Å²) in [6, 6.07) is 0. The van der Waals surface area contributed by atoms with Gasteiger partial charge in [0.05, 0.1) is 6.10 Å². The molecule has 2 aromatic heterocycles. The van der Waals surface area contributed by atoms with Crippen LogP contribution in [0.1, 0.15) is 26.2 Å². The summed E-state index contributed by atoms with van der Waals surface area (Å²) in [6.07, 6.45) is 3.25. The molecule has 2 aromatic rings. The van der Waals surface area contributed by atoms with E-state index in [9.17, 15) is 9.59 Å². The van der Waals surface area contributed by atoms with Crippen LogP contribution in [0.3, 0.4) is 0 Å². The summed E-state index contributed by atoms with van der Waals surface area (Å²) < 4.78 is 8.99. The van der Waals surface area contributed by atoms with Crippen molar-refractivity contribution in [2.75, 3.05) is 24.6 Å². The fourth-order valence-electron chi connectivity index (χ4n) is 3.12. The third kappa shape index (κ3) is 2.78. The van der Waals surface area contributed by atoms with Gasteiger partial charge in [0.1, 0.15) is 0 Å². The molecule has 126 valence electrons. The molecule has 1 saturated heterocycles. The summed E-state index contributed by atoms with van der Waals surface area (Å²) in [6.45, 7) is 4.48. The number of nitrogens with one attached hydrogen (secondary N) is 1. The van der Waals surface area contributed by atoms with Gasteiger partial charge in [0.15, 0.2) is 11.2 Å². The second kappa shape index (κ2) is 6.19. The molecule has 1 aliphatic heterocycles. The predicted molar refractivity (Wildman–Crippen MR) is 88.1 cm³/mol. The number of rotatable bonds is 4. The zero-order chi connectivity index (χ0) is 16.6. The Morgan fingerprint density at radius 3 is 2.83 bits per heavy atom. The smallest absolute Gasteiger partial charge is 0.329 e. The van der Waals surface area contributed by atoms with Gasteiger partial charge in [-0.05, 0) is 19.3 Å². The number of ether oxygens (including phenoxy) is 1. The van der Waals surface area contributed by atoms with E-state index >= 15 is 0 Å². The van der Waals surface area contributed by atoms with Crippen LogP contribution < -0.4 is 16.1 Å². The average molecular weight is 321 g/mol. The van der Waals surface area contributed by atoms with Crippen molar-refractivity contribution < 1.29 is 4.74 Å². The van der Waals surface area contributed by atoms with Crippen molar-refractivity contribution in [3.8, 4) is 0 Å². The molecule has 1 aliphatic rings. The Balaban J connectivity index is 1.98. The van der Waals surface area contributed by atoms with Crippen LogP contribution >= 0.6 is 0 Å². The highest BCUT2D eigenvalue weighted by Crippen LogP contribution is 2.22. The minimum atomic E-state index is -0.449. The zero-order valence-electron chi connectivity index (χ0n) is 13.8. The van der Waals surface area contributed by atoms with Gasteiger partial charge in [-0.2, -0.15) is 4.98 Å². The minimum absolute atomic E-state index is 0.186. The van der Waals surface area contributed by atoms with Gasteiger partial charge in [0.2, 0.25) is 5.95 Å². The molecule has 0 spiro atoms. The number of hydrogen-bond donors (Lipinski definition) is 1. The number of anilines is 1. The maximum Gasteiger partial charge on any atom is 0.329 e. The lowest BCUT2D eigenvalue weighted by molar-refractivity contribution is 0.0437. The molecule has 1 fully saturated rings. The van der Waals surface area contributed by atoms with Gasteiger partial charge in [0.25, 0.3) is 5.56 Å². The fraction of sp³-hybridized carbons (Fsp3) is 0.667. The van der Waals surface area contributed by atoms with Crippen molar-refractivity contribution in [3.63, 3.8) is 0 Å². The maximum absolute atomic E-state index is 12.1. The van der Waals surface area contributed by atoms with E-state index in [1.54, 1.807) is 18.7 Å². The van der Waals surface area contributed by atoms with Crippen LogP contribution in [0, 0.1) is 0 Å². The normalized spacial score (nSPS) is 18.7. The Morgan fingerprint density at radius 1 is 1.30 bits per heavy atom. The number of aromatic amines is 1. The number of H-pyrrole nitrogens is 1. The second-order valence-electron chi connectivity index (χ2n) is 6.04. The third-order valence-electron chi connectivity index (χ3n) is 4.33. The van der Waals surface area contributed by atoms with Crippen molar-refractivity contribution in [1.29, 1.82) is 0 Å². The summed E-state index contributed by atoms with van der Waals surface area (Å²) in [7, 11) is 3.42. The van der Waals surface area contributed by atoms with Crippen LogP contribution in [0.2, 0.25) is 0 Å². The molecule has 0 amide bonds. The van der Waals surface area contributed by atoms with Gasteiger partial charge in [-0.25, -0.2) is 4.79 Å². The molecule has 23 heavy (non-hydrogen) atoms. The van der Waals surface area contributed by atoms with Crippen LogP contribution in [0.15, 0.2) is 9.59 Å². The number of fused-ring (bicyclic) bond motifs is 1. The van der Waals surface area contributed by atoms with E-state index in [0.717, 1.165) is 39.0 Å². The lowest BCUT2D eigenvalue weighted by atomic mass is 10.1. The molecule has 3 heterocycles. The van der Waals surface area contributed by atoms with E-state index in [4.69, 9.17) is 4.74 Å². The Hall–Kier alpha value is -2.09. The molecule has 0 aliphatic carbocycles. The Labute approximate surface area is 133 Å². The van der Waals surface area contributed by atoms with Gasteiger partial charge >= 0.3 is 5.69 Å². The first-order valence-corrected chi connectivity index (χ1v) is 8.05. The summed E-state index contributed by atoms with van der Waals surface area (Å²) in [5.41, 5.74) is -0.0263. The molecule has 0 aromatic carbocycles. The first-order chi connectivity index (χ1) is 11.0. The molecule has 8 nitrogen and oxygen atoms in total. The van der Waals surface area contributed by atoms with E-state index in [0.29, 0.717) is 17.1 Å². The van der Waals surface area contributed by atoms with E-state index in [2.05, 4.69) is 21.8 Å². The Morgan fingerprint density at radius 2 is 2.09 bits per heavy atom. The number of aryl methyl sites for hydroxylation is 2. The monoisotopic (exact) mass is 321 g/mol. The molecule has 0 bridgehead atoms. The van der Waals surface area contributed by atoms with Crippen LogP contribution in [-0.4, -0.2) is 44.9 Å². The van der Waals surface area contributed by atoms with E-state index in [1.165, 1.54) is 4.57 Å². The number of aromatic nitrogens is 4. The fourth-order valence-corrected chi connectivity index (χ4v) is 3.12. The summed E-state index contributed by atoms with van der Waals surface area (Å²) in [4.78, 5) is 32.9. The number of hydrogen-bond acceptors (Lipinski definition) is 5. The van der Waals surface area contributed by atoms with Crippen molar-refractivity contribution >= 4 is 17.1 Å². The van der Waals surface area contributed by atoms with Gasteiger partial charge in [0, 0.05) is 33.8 Å². The van der Waals surface area contributed by atoms with E-state index in [-0.39, 0.29) is 6.10 Å². The van der Waals surface area contributed by atoms with Crippen LogP contribution in [-0.2, 0) is 18.8 Å². The molecular formula is C15H23N5O3. The van der Waals surface area contributed by atoms with Gasteiger partial charge in [-0.1, -0.05) is 6.92 Å². The summed E-state index contributed by atoms with van der Waals surface area (Å²) >= 11 is 0. The molecular weight excluding hydrogens is 298 g/mol. The van der Waals surface area contributed by atoms with Crippen LogP contribution in [0.25, 0.3) is 11.2 Å². The van der Waals surface area contributed by atoms with Crippen LogP contribution in [0.5, 0.6) is 0 Å². The predicted octanol–water partition coefficient (Wildman–Crippen LogP) is 0.356. The maximum atomic E-state index is 12.1. The molecule has 8 heteroatoms. The van der Waals surface area contributed by atoms with Crippen molar-refractivity contribution in [2.24, 2.45) is 14.1 Å². The van der Waals surface area contributed by atoms with E-state index in [1.807, 2.05) is 0 Å². The highest BCUT2D eigenvalue weighted by Gasteiger charge is 2.25. The highest BCUT2D eigenvalue weighted by molar-refractivity contribution is 5.74. The van der Waals surface area contributed by atoms with Crippen molar-refractivity contribution in [1.82, 2.24) is 19.1 Å². The third-order valence-corrected chi connectivity index (χ3v) is 4.33. The lowest BCUT2D eigenvalue weighted by Gasteiger charge is -2.33. The number of piperidine rings is 1. The second-order valence-corrected chi connectivity index (χ2v) is 6.04. The molecule has 0 unspecified atom stereocenters. The minimum Gasteiger partial charge on any atom is -0.376 e. The van der Waals surface area contributed by atoms with Crippen molar-refractivity contribution in [2.45, 2.75) is 32.3 Å². The standard InChI is InChI=1S/C15H23N5O3/c1-4-8-23-10-6-5-7-20(9-10)14-16-12-11(18(14)2)13(21)17-15(22)19(12)3/h10H,4-9H2,1-3H3,(H,17,21,22)/t10-/m0/s1. The number of imidazole rings is 1. The van der Waals surface area contributed by atoms with Gasteiger partial charge in [-0.15, -0.1) is 0 Å². The van der Waals surface area contributed by atoms with Crippen molar-refractivity contribution in [3.05, 3.63) is 20.8 Å². The SMILES string of the molecule is CCCO[C@H]1CCCN(c2nc3c(c(=O)[nH]c(=O)n3C)n2C)C1. The van der Waals surface area contributed by atoms with Gasteiger partial charge in [-0.3, -0.25) is 14.3 Å². The quantitative estimate of drug-likeness (QED) is 0.878. The van der Waals surface area contributed by atoms with Crippen LogP contribution in [0.4, 0.5) is 5.95 Å². The highest BCUT2D eigenvalue weighted by atomic mass is 16.5. The largest absolute Gasteiger partial charge is 0.376 e. The molecule has 0 saturated carbocycles. The first kappa shape index (κ1) is 15.8. The Kier molecular flexibility index (Phi) is 4.25. The summed E-state index contributed by atoms with van der Waals surface area (Å²) in [5.74, 6) is 0.705. The topological polar surface area (TPSA) is 85.2 Å². The van der Waals surface area contributed by atoms with Gasteiger partial charge < -0.3 is 14.2 Å². The Bertz CT molecular complexity index is 819. The molecule has 3 rings (SSSR count). The molecule has 0 radical (unpaired) electrons. The average Bonchev–Trinajstić information content (AvgIpc) is 2.89. The zero-order valence-corrected chi connectivity index (χ0v) is 13.8. The number of nitrogens with zero attached hydrogens (tertiary/aromatic N) is 4. The first-order valence-electron chi connectivity index (χ1n) is 8.05. The van der Waals surface area contributed by atoms with E-state index < -0.39 is 11.2 Å². The molecule has 1 N–H and O–H groups in total. The summed E-state index contributed by atoms with van der Waals surface area (Å²) in [5, 5.41) is 0. The lowest BCUT2D eigenvalue weighted by Crippen LogP contribution is -2.41. The molecule has 1 atom stereocenters.